The van der Waals surface area contributed by atoms with E-state index in [0.717, 1.165) is 10.8 Å². The average molecular weight is 229 g/mol. The molecule has 1 aliphatic heterocycles. The summed E-state index contributed by atoms with van der Waals surface area (Å²) in [6.07, 6.45) is 1.84. The smallest absolute Gasteiger partial charge is 0.316 e. The number of carbonyl (C=O) groups is 1. The Bertz CT molecular complexity index is 352. The van der Waals surface area contributed by atoms with Gasteiger partial charge in [0, 0.05) is 16.8 Å². The Labute approximate surface area is 90.5 Å². The monoisotopic (exact) mass is 229 g/mol. The molecule has 0 saturated carbocycles. The summed E-state index contributed by atoms with van der Waals surface area (Å²) in [5.74, 6) is 1.58. The van der Waals surface area contributed by atoms with E-state index in [1.165, 1.54) is 4.88 Å². The Hall–Kier alpha value is -0.750. The molecule has 1 unspecified atom stereocenters. The summed E-state index contributed by atoms with van der Waals surface area (Å²) in [6, 6.07) is -0.274. The van der Waals surface area contributed by atoms with Crippen molar-refractivity contribution in [2.45, 2.75) is 13.0 Å². The number of thioether (sulfide) groups is 1. The number of nitrogens with zero attached hydrogens (tertiary/aromatic N) is 2. The predicted octanol–water partition coefficient (Wildman–Crippen LogP) is 1.58. The van der Waals surface area contributed by atoms with Crippen LogP contribution in [-0.2, 0) is 0 Å². The molecule has 14 heavy (non-hydrogen) atoms. The summed E-state index contributed by atoms with van der Waals surface area (Å²) in [4.78, 5) is 18.2. The molecule has 4 nitrogen and oxygen atoms in total. The van der Waals surface area contributed by atoms with Crippen molar-refractivity contribution in [1.29, 1.82) is 0 Å². The van der Waals surface area contributed by atoms with Gasteiger partial charge < -0.3 is 10.6 Å². The molecule has 1 saturated heterocycles. The van der Waals surface area contributed by atoms with E-state index in [0.29, 0.717) is 5.88 Å². The predicted molar refractivity (Wildman–Crippen MR) is 58.3 cm³/mol. The largest absolute Gasteiger partial charge is 0.351 e. The van der Waals surface area contributed by atoms with Crippen molar-refractivity contribution in [2.75, 3.05) is 11.6 Å². The summed E-state index contributed by atoms with van der Waals surface area (Å²) in [5.41, 5.74) is 5.28. The van der Waals surface area contributed by atoms with Gasteiger partial charge in [0.25, 0.3) is 0 Å². The quantitative estimate of drug-likeness (QED) is 0.795. The fourth-order valence-electron chi connectivity index (χ4n) is 1.39. The zero-order valence-corrected chi connectivity index (χ0v) is 9.40. The standard InChI is InChI=1S/C8H11N3OS2/c1-5-2-10-7(14-5)6-3-13-4-11(6)8(9)12/h2,6H,3-4H2,1H3,(H2,9,12). The lowest BCUT2D eigenvalue weighted by atomic mass is 10.3. The third kappa shape index (κ3) is 1.72. The molecule has 0 aliphatic carbocycles. The SMILES string of the molecule is Cc1cnc(C2CSCN2C(N)=O)s1. The molecule has 2 rings (SSSR count). The van der Waals surface area contributed by atoms with Gasteiger partial charge in [0.15, 0.2) is 0 Å². The molecule has 6 heteroatoms. The first kappa shape index (κ1) is 9.79. The van der Waals surface area contributed by atoms with Gasteiger partial charge in [-0.3, -0.25) is 0 Å². The van der Waals surface area contributed by atoms with Crippen LogP contribution in [-0.4, -0.2) is 27.5 Å². The van der Waals surface area contributed by atoms with Gasteiger partial charge in [0.2, 0.25) is 0 Å². The minimum Gasteiger partial charge on any atom is -0.351 e. The van der Waals surface area contributed by atoms with E-state index in [1.807, 2.05) is 13.1 Å². The zero-order chi connectivity index (χ0) is 10.1. The minimum atomic E-state index is -0.354. The Balaban J connectivity index is 2.21. The molecule has 1 aromatic rings. The van der Waals surface area contributed by atoms with Crippen LogP contribution in [0.4, 0.5) is 4.79 Å². The molecule has 1 atom stereocenters. The van der Waals surface area contributed by atoms with Crippen LogP contribution in [0.15, 0.2) is 6.20 Å². The van der Waals surface area contributed by atoms with Gasteiger partial charge in [-0.2, -0.15) is 0 Å². The number of rotatable bonds is 1. The number of nitrogens with two attached hydrogens (primary N) is 1. The van der Waals surface area contributed by atoms with E-state index in [9.17, 15) is 4.79 Å². The fourth-order valence-corrected chi connectivity index (χ4v) is 3.55. The molecule has 1 aromatic heterocycles. The normalized spacial score (nSPS) is 21.5. The summed E-state index contributed by atoms with van der Waals surface area (Å²) in [7, 11) is 0. The minimum absolute atomic E-state index is 0.0798. The molecular weight excluding hydrogens is 218 g/mol. The number of primary amides is 1. The van der Waals surface area contributed by atoms with E-state index in [-0.39, 0.29) is 12.1 Å². The molecule has 2 heterocycles. The number of thiazole rings is 1. The highest BCUT2D eigenvalue weighted by Crippen LogP contribution is 2.34. The van der Waals surface area contributed by atoms with Crippen molar-refractivity contribution >= 4 is 29.1 Å². The van der Waals surface area contributed by atoms with E-state index < -0.39 is 0 Å². The first-order chi connectivity index (χ1) is 6.68. The van der Waals surface area contributed by atoms with E-state index in [1.54, 1.807) is 28.0 Å². The number of aryl methyl sites for hydroxylation is 1. The maximum absolute atomic E-state index is 11.1. The number of amides is 2. The van der Waals surface area contributed by atoms with Gasteiger partial charge in [-0.05, 0) is 6.92 Å². The Kier molecular flexibility index (Phi) is 2.64. The second-order valence-electron chi connectivity index (χ2n) is 3.13. The molecule has 0 spiro atoms. The maximum Gasteiger partial charge on any atom is 0.316 e. The van der Waals surface area contributed by atoms with Crippen molar-refractivity contribution in [3.8, 4) is 0 Å². The highest BCUT2D eigenvalue weighted by molar-refractivity contribution is 7.99. The summed E-state index contributed by atoms with van der Waals surface area (Å²) in [6.45, 7) is 2.01. The van der Waals surface area contributed by atoms with E-state index >= 15 is 0 Å². The average Bonchev–Trinajstić information content (AvgIpc) is 2.70. The van der Waals surface area contributed by atoms with E-state index in [4.69, 9.17) is 5.73 Å². The lowest BCUT2D eigenvalue weighted by molar-refractivity contribution is 0.206. The van der Waals surface area contributed by atoms with Gasteiger partial charge in [0.1, 0.15) is 5.01 Å². The molecule has 2 N–H and O–H groups in total. The van der Waals surface area contributed by atoms with Crippen LogP contribution in [0.3, 0.4) is 0 Å². The molecule has 76 valence electrons. The van der Waals surface area contributed by atoms with Gasteiger partial charge in [-0.25, -0.2) is 9.78 Å². The van der Waals surface area contributed by atoms with Gasteiger partial charge in [-0.1, -0.05) is 0 Å². The lowest BCUT2D eigenvalue weighted by Crippen LogP contribution is -2.35. The molecule has 0 bridgehead atoms. The van der Waals surface area contributed by atoms with Gasteiger partial charge in [-0.15, -0.1) is 23.1 Å². The second kappa shape index (κ2) is 3.78. The number of hydrogen-bond donors (Lipinski definition) is 1. The molecule has 2 amide bonds. The zero-order valence-electron chi connectivity index (χ0n) is 7.77. The van der Waals surface area contributed by atoms with Gasteiger partial charge >= 0.3 is 6.03 Å². The van der Waals surface area contributed by atoms with Crippen LogP contribution in [0.25, 0.3) is 0 Å². The van der Waals surface area contributed by atoms with Gasteiger partial charge in [0.05, 0.1) is 11.9 Å². The van der Waals surface area contributed by atoms with Crippen molar-refractivity contribution in [2.24, 2.45) is 5.73 Å². The Morgan fingerprint density at radius 2 is 2.57 bits per heavy atom. The Morgan fingerprint density at radius 3 is 3.14 bits per heavy atom. The second-order valence-corrected chi connectivity index (χ2v) is 5.40. The first-order valence-electron chi connectivity index (χ1n) is 4.24. The number of aromatic nitrogens is 1. The highest BCUT2D eigenvalue weighted by atomic mass is 32.2. The highest BCUT2D eigenvalue weighted by Gasteiger charge is 2.30. The van der Waals surface area contributed by atoms with Crippen LogP contribution in [0.2, 0.25) is 0 Å². The van der Waals surface area contributed by atoms with Crippen LogP contribution in [0.1, 0.15) is 15.9 Å². The number of carbonyl (C=O) groups excluding carboxylic acids is 1. The molecule has 0 aromatic carbocycles. The fraction of sp³-hybridized carbons (Fsp3) is 0.500. The number of urea groups is 1. The molecular formula is C8H11N3OS2. The summed E-state index contributed by atoms with van der Waals surface area (Å²) >= 11 is 3.35. The van der Waals surface area contributed by atoms with Crippen molar-refractivity contribution in [3.05, 3.63) is 16.1 Å². The van der Waals surface area contributed by atoms with Crippen molar-refractivity contribution < 1.29 is 4.79 Å². The summed E-state index contributed by atoms with van der Waals surface area (Å²) < 4.78 is 0. The van der Waals surface area contributed by atoms with Crippen LogP contribution >= 0.6 is 23.1 Å². The third-order valence-corrected chi connectivity index (χ3v) is 4.12. The van der Waals surface area contributed by atoms with Crippen LogP contribution < -0.4 is 5.73 Å². The topological polar surface area (TPSA) is 59.2 Å². The number of hydrogen-bond acceptors (Lipinski definition) is 4. The molecule has 0 radical (unpaired) electrons. The molecule has 1 fully saturated rings. The maximum atomic E-state index is 11.1. The van der Waals surface area contributed by atoms with E-state index in [2.05, 4.69) is 4.98 Å². The third-order valence-electron chi connectivity index (χ3n) is 2.09. The van der Waals surface area contributed by atoms with Crippen molar-refractivity contribution in [3.63, 3.8) is 0 Å². The lowest BCUT2D eigenvalue weighted by Gasteiger charge is -2.19. The summed E-state index contributed by atoms with van der Waals surface area (Å²) in [5, 5.41) is 0.992. The molecule has 1 aliphatic rings. The van der Waals surface area contributed by atoms with Crippen LogP contribution in [0.5, 0.6) is 0 Å². The van der Waals surface area contributed by atoms with Crippen LogP contribution in [0, 0.1) is 6.92 Å². The first-order valence-corrected chi connectivity index (χ1v) is 6.22. The Morgan fingerprint density at radius 1 is 1.79 bits per heavy atom. The van der Waals surface area contributed by atoms with Crippen molar-refractivity contribution in [1.82, 2.24) is 9.88 Å².